The molecule has 0 bridgehead atoms. The summed E-state index contributed by atoms with van der Waals surface area (Å²) < 4.78 is 1.64. The van der Waals surface area contributed by atoms with Gasteiger partial charge in [0, 0.05) is 28.9 Å². The summed E-state index contributed by atoms with van der Waals surface area (Å²) in [6.07, 6.45) is 4.80. The van der Waals surface area contributed by atoms with E-state index in [2.05, 4.69) is 10.1 Å². The van der Waals surface area contributed by atoms with Crippen LogP contribution in [-0.4, -0.2) is 31.9 Å². The Hall–Kier alpha value is -1.18. The van der Waals surface area contributed by atoms with Gasteiger partial charge in [-0.05, 0) is 0 Å². The Bertz CT molecular complexity index is 401. The molecule has 0 radical (unpaired) electrons. The topological polar surface area (TPSA) is 71.2 Å². The average Bonchev–Trinajstić information content (AvgIpc) is 2.75. The van der Waals surface area contributed by atoms with Crippen molar-refractivity contribution < 1.29 is 10.0 Å². The highest BCUT2D eigenvalue weighted by Crippen LogP contribution is 2.06. The van der Waals surface area contributed by atoms with Gasteiger partial charge in [0.05, 0.1) is 12.1 Å². The van der Waals surface area contributed by atoms with Crippen LogP contribution in [0.1, 0.15) is 4.88 Å². The third kappa shape index (κ3) is 2.01. The van der Waals surface area contributed by atoms with Crippen LogP contribution in [0.4, 0.5) is 0 Å². The molecule has 0 spiro atoms. The van der Waals surface area contributed by atoms with Gasteiger partial charge in [-0.2, -0.15) is 5.10 Å². The fraction of sp³-hybridized carbons (Fsp3) is 0.143. The molecule has 2 heterocycles. The minimum Gasteiger partial charge on any atom is -0.423 e. The third-order valence-electron chi connectivity index (χ3n) is 1.75. The van der Waals surface area contributed by atoms with Crippen molar-refractivity contribution in [2.24, 2.45) is 0 Å². The lowest BCUT2D eigenvalue weighted by atomic mass is 9.83. The molecule has 5 nitrogen and oxygen atoms in total. The average molecular weight is 209 g/mol. The Balaban J connectivity index is 2.11. The predicted molar refractivity (Wildman–Crippen MR) is 53.3 cm³/mol. The van der Waals surface area contributed by atoms with Gasteiger partial charge in [-0.25, -0.2) is 0 Å². The van der Waals surface area contributed by atoms with E-state index in [1.165, 1.54) is 17.5 Å². The normalized spacial score (nSPS) is 10.4. The Kier molecular flexibility index (Phi) is 2.62. The smallest absolute Gasteiger partial charge is 0.423 e. The lowest BCUT2D eigenvalue weighted by molar-refractivity contribution is 0.425. The first-order valence-corrected chi connectivity index (χ1v) is 4.89. The van der Waals surface area contributed by atoms with Gasteiger partial charge in [-0.3, -0.25) is 9.67 Å². The third-order valence-corrected chi connectivity index (χ3v) is 2.52. The van der Waals surface area contributed by atoms with E-state index in [-0.39, 0.29) is 0 Å². The summed E-state index contributed by atoms with van der Waals surface area (Å²) in [7, 11) is -1.45. The van der Waals surface area contributed by atoms with Crippen molar-refractivity contribution in [1.29, 1.82) is 0 Å². The fourth-order valence-electron chi connectivity index (χ4n) is 1.08. The second kappa shape index (κ2) is 3.91. The number of nitrogens with zero attached hydrogens (tertiary/aromatic N) is 3. The molecular weight excluding hydrogens is 201 g/mol. The van der Waals surface area contributed by atoms with Gasteiger partial charge in [0.1, 0.15) is 0 Å². The first kappa shape index (κ1) is 9.38. The number of rotatable bonds is 3. The number of thiazole rings is 1. The molecule has 0 aliphatic carbocycles. The molecule has 0 saturated carbocycles. The molecule has 0 amide bonds. The fourth-order valence-corrected chi connectivity index (χ4v) is 1.66. The summed E-state index contributed by atoms with van der Waals surface area (Å²) in [6, 6.07) is 0. The molecule has 14 heavy (non-hydrogen) atoms. The first-order valence-electron chi connectivity index (χ1n) is 4.01. The van der Waals surface area contributed by atoms with Crippen molar-refractivity contribution in [2.75, 3.05) is 0 Å². The van der Waals surface area contributed by atoms with Crippen LogP contribution in [0.25, 0.3) is 0 Å². The standard InChI is InChI=1S/C7H8BN3O2S/c12-8(13)6-1-10-11(3-6)4-7-2-9-5-14-7/h1-3,5,12-13H,4H2. The van der Waals surface area contributed by atoms with Crippen LogP contribution in [-0.2, 0) is 6.54 Å². The van der Waals surface area contributed by atoms with E-state index in [4.69, 9.17) is 10.0 Å². The van der Waals surface area contributed by atoms with Gasteiger partial charge in [0.25, 0.3) is 0 Å². The molecular formula is C7H8BN3O2S. The lowest BCUT2D eigenvalue weighted by Crippen LogP contribution is -2.28. The van der Waals surface area contributed by atoms with Crippen LogP contribution in [0.2, 0.25) is 0 Å². The second-order valence-corrected chi connectivity index (χ2v) is 3.78. The van der Waals surface area contributed by atoms with Gasteiger partial charge < -0.3 is 10.0 Å². The summed E-state index contributed by atoms with van der Waals surface area (Å²) in [4.78, 5) is 5.01. The van der Waals surface area contributed by atoms with Crippen molar-refractivity contribution in [3.63, 3.8) is 0 Å². The highest BCUT2D eigenvalue weighted by atomic mass is 32.1. The Morgan fingerprint density at radius 3 is 2.86 bits per heavy atom. The Labute approximate surface area is 84.8 Å². The van der Waals surface area contributed by atoms with Gasteiger partial charge in [-0.15, -0.1) is 11.3 Å². The lowest BCUT2D eigenvalue weighted by Gasteiger charge is -1.96. The monoisotopic (exact) mass is 209 g/mol. The summed E-state index contributed by atoms with van der Waals surface area (Å²) in [5.74, 6) is 0. The minimum absolute atomic E-state index is 0.398. The van der Waals surface area contributed by atoms with E-state index in [0.717, 1.165) is 4.88 Å². The summed E-state index contributed by atoms with van der Waals surface area (Å²) >= 11 is 1.54. The molecule has 0 fully saturated rings. The maximum absolute atomic E-state index is 8.86. The zero-order valence-electron chi connectivity index (χ0n) is 7.24. The summed E-state index contributed by atoms with van der Waals surface area (Å²) in [5.41, 5.74) is 2.15. The van der Waals surface area contributed by atoms with Crippen LogP contribution in [0, 0.1) is 0 Å². The molecule has 2 rings (SSSR count). The first-order chi connectivity index (χ1) is 6.75. The molecule has 2 aromatic rings. The largest absolute Gasteiger partial charge is 0.491 e. The number of aromatic nitrogens is 3. The molecule has 72 valence electrons. The number of hydrogen-bond acceptors (Lipinski definition) is 5. The van der Waals surface area contributed by atoms with Crippen molar-refractivity contribution in [3.8, 4) is 0 Å². The molecule has 2 aromatic heterocycles. The van der Waals surface area contributed by atoms with E-state index >= 15 is 0 Å². The van der Waals surface area contributed by atoms with E-state index in [1.54, 1.807) is 22.6 Å². The van der Waals surface area contributed by atoms with Crippen LogP contribution in [0.3, 0.4) is 0 Å². The molecule has 2 N–H and O–H groups in total. The van der Waals surface area contributed by atoms with E-state index in [1.807, 2.05) is 0 Å². The second-order valence-electron chi connectivity index (χ2n) is 2.81. The van der Waals surface area contributed by atoms with Crippen LogP contribution in [0.5, 0.6) is 0 Å². The predicted octanol–water partition coefficient (Wildman–Crippen LogP) is -0.932. The van der Waals surface area contributed by atoms with Gasteiger partial charge in [0.2, 0.25) is 0 Å². The summed E-state index contributed by atoms with van der Waals surface area (Å²) in [6.45, 7) is 0.609. The Morgan fingerprint density at radius 1 is 1.43 bits per heavy atom. The SMILES string of the molecule is OB(O)c1cnn(Cc2cncs2)c1. The molecule has 0 aromatic carbocycles. The van der Waals surface area contributed by atoms with E-state index in [0.29, 0.717) is 12.0 Å². The molecule has 0 aliphatic rings. The quantitative estimate of drug-likeness (QED) is 0.640. The minimum atomic E-state index is -1.45. The van der Waals surface area contributed by atoms with Gasteiger partial charge in [0.15, 0.2) is 0 Å². The van der Waals surface area contributed by atoms with Crippen molar-refractivity contribution in [2.45, 2.75) is 6.54 Å². The molecule has 7 heteroatoms. The zero-order valence-corrected chi connectivity index (χ0v) is 8.05. The van der Waals surface area contributed by atoms with Crippen LogP contribution in [0.15, 0.2) is 24.1 Å². The van der Waals surface area contributed by atoms with E-state index < -0.39 is 7.12 Å². The number of hydrogen-bond donors (Lipinski definition) is 2. The Morgan fingerprint density at radius 2 is 2.29 bits per heavy atom. The van der Waals surface area contributed by atoms with Crippen LogP contribution < -0.4 is 5.46 Å². The molecule has 0 atom stereocenters. The van der Waals surface area contributed by atoms with Crippen molar-refractivity contribution >= 4 is 23.9 Å². The maximum Gasteiger partial charge on any atom is 0.491 e. The molecule has 0 saturated heterocycles. The van der Waals surface area contributed by atoms with Crippen molar-refractivity contribution in [1.82, 2.24) is 14.8 Å². The highest BCUT2D eigenvalue weighted by molar-refractivity contribution is 7.09. The zero-order chi connectivity index (χ0) is 9.97. The molecule has 0 aliphatic heterocycles. The summed E-state index contributed by atoms with van der Waals surface area (Å²) in [5, 5.41) is 21.7. The van der Waals surface area contributed by atoms with Gasteiger partial charge in [-0.1, -0.05) is 0 Å². The van der Waals surface area contributed by atoms with E-state index in [9.17, 15) is 0 Å². The highest BCUT2D eigenvalue weighted by Gasteiger charge is 2.13. The van der Waals surface area contributed by atoms with Gasteiger partial charge >= 0.3 is 7.12 Å². The van der Waals surface area contributed by atoms with Crippen LogP contribution >= 0.6 is 11.3 Å². The van der Waals surface area contributed by atoms with Crippen molar-refractivity contribution in [3.05, 3.63) is 29.0 Å². The maximum atomic E-state index is 8.86. The molecule has 0 unspecified atom stereocenters.